The molecule has 0 bridgehead atoms. The Bertz CT molecular complexity index is 1210. The van der Waals surface area contributed by atoms with Gasteiger partial charge in [0.1, 0.15) is 16.9 Å². The van der Waals surface area contributed by atoms with Crippen molar-refractivity contribution in [1.29, 1.82) is 0 Å². The zero-order valence-corrected chi connectivity index (χ0v) is 14.4. The van der Waals surface area contributed by atoms with E-state index in [0.717, 1.165) is 6.07 Å². The van der Waals surface area contributed by atoms with E-state index in [9.17, 15) is 23.3 Å². The number of nitrogens with zero attached hydrogens (tertiary/aromatic N) is 1. The van der Waals surface area contributed by atoms with Crippen LogP contribution in [-0.2, 0) is 10.4 Å². The zero-order chi connectivity index (χ0) is 19.8. The van der Waals surface area contributed by atoms with Crippen LogP contribution < -0.4 is 14.3 Å². The fourth-order valence-corrected chi connectivity index (χ4v) is 2.82. The van der Waals surface area contributed by atoms with Crippen LogP contribution in [0.5, 0.6) is 11.7 Å². The van der Waals surface area contributed by atoms with Crippen LogP contribution in [0.3, 0.4) is 0 Å². The number of nitro groups is 1. The largest absolute Gasteiger partial charge is 0.497 e. The molecule has 1 aromatic heterocycles. The molecule has 0 amide bonds. The Morgan fingerprint density at radius 1 is 1.19 bits per heavy atom. The van der Waals surface area contributed by atoms with Gasteiger partial charge >= 0.3 is 16.3 Å². The van der Waals surface area contributed by atoms with E-state index in [0.29, 0.717) is 0 Å². The number of rotatable bonds is 5. The van der Waals surface area contributed by atoms with Crippen molar-refractivity contribution < 1.29 is 31.2 Å². The van der Waals surface area contributed by atoms with Gasteiger partial charge in [-0.2, -0.15) is 8.42 Å². The second-order valence-corrected chi connectivity index (χ2v) is 6.26. The first kappa shape index (κ1) is 18.4. The topological polar surface area (TPSA) is 146 Å². The quantitative estimate of drug-likeness (QED) is 0.392. The van der Waals surface area contributed by atoms with E-state index in [1.165, 1.54) is 43.5 Å². The summed E-state index contributed by atoms with van der Waals surface area (Å²) in [7, 11) is -3.76. The Balaban J connectivity index is 2.43. The number of benzene rings is 2. The minimum absolute atomic E-state index is 0.0268. The molecule has 0 radical (unpaired) electrons. The predicted molar refractivity (Wildman–Crippen MR) is 93.3 cm³/mol. The Morgan fingerprint density at radius 2 is 1.89 bits per heavy atom. The molecule has 3 rings (SSSR count). The molecule has 1 heterocycles. The van der Waals surface area contributed by atoms with Crippen molar-refractivity contribution in [3.05, 3.63) is 62.8 Å². The van der Waals surface area contributed by atoms with Gasteiger partial charge in [0.15, 0.2) is 0 Å². The van der Waals surface area contributed by atoms with E-state index >= 15 is 0 Å². The zero-order valence-electron chi connectivity index (χ0n) is 13.6. The molecule has 0 aliphatic heterocycles. The summed E-state index contributed by atoms with van der Waals surface area (Å²) in [5.74, 6) is -0.748. The molecule has 2 aromatic carbocycles. The third-order valence-electron chi connectivity index (χ3n) is 3.62. The molecule has 0 atom stereocenters. The van der Waals surface area contributed by atoms with Gasteiger partial charge < -0.3 is 13.3 Å². The van der Waals surface area contributed by atoms with Crippen LogP contribution in [0.25, 0.3) is 22.1 Å². The first-order valence-electron chi connectivity index (χ1n) is 7.27. The van der Waals surface area contributed by atoms with Crippen LogP contribution in [0.1, 0.15) is 0 Å². The minimum Gasteiger partial charge on any atom is -0.497 e. The molecule has 1 N–H and O–H groups in total. The maximum atomic E-state index is 12.9. The van der Waals surface area contributed by atoms with Crippen LogP contribution in [0.4, 0.5) is 5.69 Å². The highest BCUT2D eigenvalue weighted by molar-refractivity contribution is 7.81. The van der Waals surface area contributed by atoms with Crippen molar-refractivity contribution in [1.82, 2.24) is 0 Å². The maximum Gasteiger partial charge on any atom is 0.449 e. The molecule has 10 nitrogen and oxygen atoms in total. The minimum atomic E-state index is -5.07. The average Bonchev–Trinajstić information content (AvgIpc) is 2.60. The fourth-order valence-electron chi connectivity index (χ4n) is 2.51. The standard InChI is InChI=1S/C16H11NO9S/c1-24-9-6-7-10(12(8-9)17(19)20)14-15(18)11-4-2-3-5-13(11)25-16(14)26-27(21,22)23/h2-8H,1H3,(H,21,22,23). The van der Waals surface area contributed by atoms with Gasteiger partial charge in [-0.25, -0.2) is 0 Å². The first-order chi connectivity index (χ1) is 12.7. The van der Waals surface area contributed by atoms with E-state index in [4.69, 9.17) is 13.7 Å². The summed E-state index contributed by atoms with van der Waals surface area (Å²) in [6, 6.07) is 9.42. The molecule has 140 valence electrons. The molecular formula is C16H11NO9S. The Morgan fingerprint density at radius 3 is 2.52 bits per heavy atom. The van der Waals surface area contributed by atoms with E-state index in [-0.39, 0.29) is 22.3 Å². The van der Waals surface area contributed by atoms with Gasteiger partial charge in [0.25, 0.3) is 5.69 Å². The summed E-state index contributed by atoms with van der Waals surface area (Å²) in [6.07, 6.45) is 0. The molecule has 0 unspecified atom stereocenters. The molecule has 0 fully saturated rings. The molecular weight excluding hydrogens is 382 g/mol. The van der Waals surface area contributed by atoms with Crippen LogP contribution in [0, 0.1) is 10.1 Å². The number of hydrogen-bond donors (Lipinski definition) is 1. The van der Waals surface area contributed by atoms with Crippen molar-refractivity contribution in [2.24, 2.45) is 0 Å². The molecule has 0 aliphatic carbocycles. The van der Waals surface area contributed by atoms with Gasteiger partial charge in [-0.05, 0) is 24.3 Å². The second kappa shape index (κ2) is 6.70. The summed E-state index contributed by atoms with van der Waals surface area (Å²) in [6.45, 7) is 0. The normalized spacial score (nSPS) is 11.3. The fraction of sp³-hybridized carbons (Fsp3) is 0.0625. The molecule has 0 saturated heterocycles. The summed E-state index contributed by atoms with van der Waals surface area (Å²) in [5, 5.41) is 11.5. The Hall–Kier alpha value is -3.44. The van der Waals surface area contributed by atoms with Crippen LogP contribution in [0.15, 0.2) is 51.7 Å². The van der Waals surface area contributed by atoms with Gasteiger partial charge in [0.2, 0.25) is 5.43 Å². The van der Waals surface area contributed by atoms with E-state index in [2.05, 4.69) is 4.18 Å². The third kappa shape index (κ3) is 3.59. The Kier molecular flexibility index (Phi) is 4.56. The van der Waals surface area contributed by atoms with Gasteiger partial charge in [-0.1, -0.05) is 12.1 Å². The average molecular weight is 393 g/mol. The predicted octanol–water partition coefficient (Wildman–Crippen LogP) is 2.56. The highest BCUT2D eigenvalue weighted by atomic mass is 32.3. The lowest BCUT2D eigenvalue weighted by molar-refractivity contribution is -0.384. The summed E-state index contributed by atoms with van der Waals surface area (Å²) >= 11 is 0. The molecule has 0 spiro atoms. The van der Waals surface area contributed by atoms with E-state index in [1.807, 2.05) is 0 Å². The third-order valence-corrected chi connectivity index (χ3v) is 3.98. The monoisotopic (exact) mass is 393 g/mol. The number of hydrogen-bond acceptors (Lipinski definition) is 8. The van der Waals surface area contributed by atoms with Crippen molar-refractivity contribution >= 4 is 27.1 Å². The van der Waals surface area contributed by atoms with Crippen molar-refractivity contribution in [3.8, 4) is 22.8 Å². The Labute approximate surface area is 151 Å². The summed E-state index contributed by atoms with van der Waals surface area (Å²) < 4.78 is 45.9. The van der Waals surface area contributed by atoms with Gasteiger partial charge in [0, 0.05) is 0 Å². The molecule has 11 heteroatoms. The molecule has 0 aliphatic rings. The number of nitro benzene ring substituents is 1. The number of ether oxygens (including phenoxy) is 1. The highest BCUT2D eigenvalue weighted by Gasteiger charge is 2.27. The van der Waals surface area contributed by atoms with E-state index < -0.39 is 37.9 Å². The summed E-state index contributed by atoms with van der Waals surface area (Å²) in [4.78, 5) is 23.6. The number of methoxy groups -OCH3 is 1. The lowest BCUT2D eigenvalue weighted by atomic mass is 10.0. The first-order valence-corrected chi connectivity index (χ1v) is 8.63. The molecule has 27 heavy (non-hydrogen) atoms. The van der Waals surface area contributed by atoms with Crippen LogP contribution >= 0.6 is 0 Å². The summed E-state index contributed by atoms with van der Waals surface area (Å²) in [5.41, 5.74) is -2.14. The highest BCUT2D eigenvalue weighted by Crippen LogP contribution is 2.38. The van der Waals surface area contributed by atoms with Crippen molar-refractivity contribution in [2.45, 2.75) is 0 Å². The lowest BCUT2D eigenvalue weighted by Gasteiger charge is -2.10. The smallest absolute Gasteiger partial charge is 0.449 e. The van der Waals surface area contributed by atoms with Crippen LogP contribution in [-0.4, -0.2) is 25.0 Å². The second-order valence-electron chi connectivity index (χ2n) is 5.24. The molecule has 3 aromatic rings. The van der Waals surface area contributed by atoms with Gasteiger partial charge in [-0.15, -0.1) is 0 Å². The van der Waals surface area contributed by atoms with Crippen molar-refractivity contribution in [3.63, 3.8) is 0 Å². The van der Waals surface area contributed by atoms with Crippen LogP contribution in [0.2, 0.25) is 0 Å². The van der Waals surface area contributed by atoms with Gasteiger partial charge in [0.05, 0.1) is 29.0 Å². The maximum absolute atomic E-state index is 12.9. The SMILES string of the molecule is COc1ccc(-c2c(OS(=O)(=O)O)oc3ccccc3c2=O)c([N+](=O)[O-])c1. The number of fused-ring (bicyclic) bond motifs is 1. The van der Waals surface area contributed by atoms with Gasteiger partial charge in [-0.3, -0.25) is 19.5 Å². The number of para-hydroxylation sites is 1. The van der Waals surface area contributed by atoms with E-state index in [1.54, 1.807) is 0 Å². The lowest BCUT2D eigenvalue weighted by Crippen LogP contribution is -2.13. The van der Waals surface area contributed by atoms with Crippen molar-refractivity contribution in [2.75, 3.05) is 7.11 Å². The molecule has 0 saturated carbocycles.